The lowest BCUT2D eigenvalue weighted by atomic mass is 9.97. The van der Waals surface area contributed by atoms with Gasteiger partial charge in [-0.25, -0.2) is 4.39 Å². The average molecular weight is 290 g/mol. The molecule has 2 N–H and O–H groups in total. The number of nitrogens with two attached hydrogens (primary N) is 1. The predicted molar refractivity (Wildman–Crippen MR) is 68.3 cm³/mol. The molecular formula is C14H18F4N2. The second kappa shape index (κ2) is 6.10. The Morgan fingerprint density at radius 3 is 2.70 bits per heavy atom. The van der Waals surface area contributed by atoms with Crippen LogP contribution in [0.25, 0.3) is 0 Å². The van der Waals surface area contributed by atoms with Crippen LogP contribution < -0.4 is 5.73 Å². The smallest absolute Gasteiger partial charge is 0.326 e. The van der Waals surface area contributed by atoms with Gasteiger partial charge in [0.05, 0.1) is 5.92 Å². The Hall–Kier alpha value is -1.14. The standard InChI is InChI=1S/C14H18F4N2/c15-13-4-3-10(6-11(13)7-19)8-20-5-1-2-12(9-20)14(16,17)18/h3-4,6,12H,1-2,5,7-9,19H2. The van der Waals surface area contributed by atoms with E-state index in [1.807, 2.05) is 0 Å². The lowest BCUT2D eigenvalue weighted by molar-refractivity contribution is -0.187. The number of piperidine rings is 1. The highest BCUT2D eigenvalue weighted by Crippen LogP contribution is 2.33. The van der Waals surface area contributed by atoms with Gasteiger partial charge in [-0.1, -0.05) is 12.1 Å². The van der Waals surface area contributed by atoms with Crippen molar-refractivity contribution in [1.82, 2.24) is 4.90 Å². The monoisotopic (exact) mass is 290 g/mol. The van der Waals surface area contributed by atoms with Crippen LogP contribution in [-0.4, -0.2) is 24.2 Å². The Morgan fingerprint density at radius 2 is 2.05 bits per heavy atom. The fraction of sp³-hybridized carbons (Fsp3) is 0.571. The molecule has 2 rings (SSSR count). The highest BCUT2D eigenvalue weighted by Gasteiger charge is 2.41. The van der Waals surface area contributed by atoms with Crippen LogP contribution in [0.1, 0.15) is 24.0 Å². The highest BCUT2D eigenvalue weighted by atomic mass is 19.4. The first-order valence-electron chi connectivity index (χ1n) is 6.66. The zero-order valence-electron chi connectivity index (χ0n) is 11.1. The number of alkyl halides is 3. The minimum atomic E-state index is -4.14. The lowest BCUT2D eigenvalue weighted by Gasteiger charge is -2.33. The number of benzene rings is 1. The van der Waals surface area contributed by atoms with Gasteiger partial charge in [0.25, 0.3) is 0 Å². The second-order valence-electron chi connectivity index (χ2n) is 5.25. The summed E-state index contributed by atoms with van der Waals surface area (Å²) in [5, 5.41) is 0. The Balaban J connectivity index is 2.02. The summed E-state index contributed by atoms with van der Waals surface area (Å²) < 4.78 is 51.5. The first-order chi connectivity index (χ1) is 9.40. The van der Waals surface area contributed by atoms with Crippen LogP contribution in [0.15, 0.2) is 18.2 Å². The van der Waals surface area contributed by atoms with Crippen LogP contribution in [-0.2, 0) is 13.1 Å². The minimum absolute atomic E-state index is 0.0127. The molecule has 0 amide bonds. The molecule has 2 nitrogen and oxygen atoms in total. The van der Waals surface area contributed by atoms with Crippen molar-refractivity contribution in [2.45, 2.75) is 32.1 Å². The molecule has 0 saturated carbocycles. The molecule has 0 bridgehead atoms. The molecule has 112 valence electrons. The van der Waals surface area contributed by atoms with E-state index in [0.717, 1.165) is 5.56 Å². The summed E-state index contributed by atoms with van der Waals surface area (Å²) in [6.45, 7) is 1.14. The summed E-state index contributed by atoms with van der Waals surface area (Å²) in [5.41, 5.74) is 6.63. The molecule has 1 fully saturated rings. The number of nitrogens with zero attached hydrogens (tertiary/aromatic N) is 1. The van der Waals surface area contributed by atoms with Gasteiger partial charge in [-0.05, 0) is 31.0 Å². The summed E-state index contributed by atoms with van der Waals surface area (Å²) in [5.74, 6) is -1.63. The normalized spacial score (nSPS) is 21.1. The summed E-state index contributed by atoms with van der Waals surface area (Å²) >= 11 is 0. The Labute approximate surface area is 115 Å². The Bertz CT molecular complexity index is 459. The van der Waals surface area contributed by atoms with Crippen LogP contribution in [0.4, 0.5) is 17.6 Å². The van der Waals surface area contributed by atoms with Gasteiger partial charge in [-0.15, -0.1) is 0 Å². The largest absolute Gasteiger partial charge is 0.393 e. The van der Waals surface area contributed by atoms with Crippen LogP contribution >= 0.6 is 0 Å². The molecule has 20 heavy (non-hydrogen) atoms. The van der Waals surface area contributed by atoms with Crippen LogP contribution in [0, 0.1) is 11.7 Å². The van der Waals surface area contributed by atoms with Crippen molar-refractivity contribution in [3.05, 3.63) is 35.1 Å². The number of halogens is 4. The van der Waals surface area contributed by atoms with E-state index in [-0.39, 0.29) is 25.3 Å². The third-order valence-corrected chi connectivity index (χ3v) is 3.70. The molecule has 1 heterocycles. The van der Waals surface area contributed by atoms with Gasteiger partial charge < -0.3 is 5.73 Å². The van der Waals surface area contributed by atoms with E-state index in [9.17, 15) is 17.6 Å². The fourth-order valence-corrected chi connectivity index (χ4v) is 2.61. The van der Waals surface area contributed by atoms with E-state index in [1.54, 1.807) is 17.0 Å². The number of likely N-dealkylation sites (tertiary alicyclic amines) is 1. The molecule has 6 heteroatoms. The van der Waals surface area contributed by atoms with Crippen molar-refractivity contribution < 1.29 is 17.6 Å². The summed E-state index contributed by atoms with van der Waals surface area (Å²) in [6, 6.07) is 4.56. The molecule has 1 saturated heterocycles. The number of rotatable bonds is 3. The van der Waals surface area contributed by atoms with Gasteiger partial charge in [0.1, 0.15) is 5.82 Å². The third kappa shape index (κ3) is 3.70. The molecule has 1 aromatic rings. The van der Waals surface area contributed by atoms with Crippen LogP contribution in [0.5, 0.6) is 0 Å². The molecule has 0 aromatic heterocycles. The van der Waals surface area contributed by atoms with E-state index in [2.05, 4.69) is 0 Å². The molecule has 1 unspecified atom stereocenters. The summed E-state index contributed by atoms with van der Waals surface area (Å²) in [6.07, 6.45) is -3.41. The number of hydrogen-bond donors (Lipinski definition) is 1. The maximum Gasteiger partial charge on any atom is 0.393 e. The molecule has 0 aliphatic carbocycles. The molecule has 1 aliphatic heterocycles. The van der Waals surface area contributed by atoms with Crippen molar-refractivity contribution in [3.63, 3.8) is 0 Å². The molecule has 1 atom stereocenters. The van der Waals surface area contributed by atoms with E-state index in [0.29, 0.717) is 25.1 Å². The third-order valence-electron chi connectivity index (χ3n) is 3.70. The lowest BCUT2D eigenvalue weighted by Crippen LogP contribution is -2.41. The maximum atomic E-state index is 13.3. The summed E-state index contributed by atoms with van der Waals surface area (Å²) in [4.78, 5) is 1.77. The van der Waals surface area contributed by atoms with E-state index in [4.69, 9.17) is 5.73 Å². The zero-order valence-corrected chi connectivity index (χ0v) is 11.1. The molecule has 1 aromatic carbocycles. The van der Waals surface area contributed by atoms with Gasteiger partial charge in [0.15, 0.2) is 0 Å². The van der Waals surface area contributed by atoms with E-state index >= 15 is 0 Å². The predicted octanol–water partition coefficient (Wildman–Crippen LogP) is 3.06. The molecule has 0 radical (unpaired) electrons. The first-order valence-corrected chi connectivity index (χ1v) is 6.66. The van der Waals surface area contributed by atoms with Gasteiger partial charge in [0.2, 0.25) is 0 Å². The Morgan fingerprint density at radius 1 is 1.30 bits per heavy atom. The van der Waals surface area contributed by atoms with Crippen LogP contribution in [0.3, 0.4) is 0 Å². The van der Waals surface area contributed by atoms with Gasteiger partial charge in [-0.2, -0.15) is 13.2 Å². The van der Waals surface area contributed by atoms with Gasteiger partial charge >= 0.3 is 6.18 Å². The second-order valence-corrected chi connectivity index (χ2v) is 5.25. The van der Waals surface area contributed by atoms with Crippen LogP contribution in [0.2, 0.25) is 0 Å². The fourth-order valence-electron chi connectivity index (χ4n) is 2.61. The average Bonchev–Trinajstić information content (AvgIpc) is 2.40. The van der Waals surface area contributed by atoms with Gasteiger partial charge in [-0.3, -0.25) is 4.90 Å². The maximum absolute atomic E-state index is 13.3. The van der Waals surface area contributed by atoms with Crippen molar-refractivity contribution in [2.75, 3.05) is 13.1 Å². The van der Waals surface area contributed by atoms with Crippen molar-refractivity contribution in [1.29, 1.82) is 0 Å². The van der Waals surface area contributed by atoms with E-state index in [1.165, 1.54) is 6.07 Å². The molecule has 0 spiro atoms. The number of hydrogen-bond acceptors (Lipinski definition) is 2. The SMILES string of the molecule is NCc1cc(CN2CCCC(C(F)(F)F)C2)ccc1F. The highest BCUT2D eigenvalue weighted by molar-refractivity contribution is 5.25. The zero-order chi connectivity index (χ0) is 14.8. The van der Waals surface area contributed by atoms with Gasteiger partial charge in [0, 0.05) is 25.2 Å². The van der Waals surface area contributed by atoms with Crippen molar-refractivity contribution in [3.8, 4) is 0 Å². The Kier molecular flexibility index (Phi) is 4.65. The molecule has 1 aliphatic rings. The topological polar surface area (TPSA) is 29.3 Å². The first kappa shape index (κ1) is 15.3. The summed E-state index contributed by atoms with van der Waals surface area (Å²) in [7, 11) is 0. The van der Waals surface area contributed by atoms with Crippen molar-refractivity contribution in [2.24, 2.45) is 11.7 Å². The quantitative estimate of drug-likeness (QED) is 0.867. The minimum Gasteiger partial charge on any atom is -0.326 e. The van der Waals surface area contributed by atoms with Crippen molar-refractivity contribution >= 4 is 0 Å². The van der Waals surface area contributed by atoms with E-state index < -0.39 is 12.1 Å². The molecular weight excluding hydrogens is 272 g/mol.